The van der Waals surface area contributed by atoms with Crippen LogP contribution in [0.2, 0.25) is 0 Å². The van der Waals surface area contributed by atoms with Gasteiger partial charge in [0, 0.05) is 5.69 Å². The van der Waals surface area contributed by atoms with Crippen molar-refractivity contribution in [1.82, 2.24) is 0 Å². The van der Waals surface area contributed by atoms with E-state index in [1.54, 1.807) is 36.0 Å². The maximum Gasteiger partial charge on any atom is 0.234 e. The molecule has 0 unspecified atom stereocenters. The van der Waals surface area contributed by atoms with E-state index in [2.05, 4.69) is 12.2 Å². The minimum Gasteiger partial charge on any atom is -0.325 e. The van der Waals surface area contributed by atoms with Gasteiger partial charge in [-0.15, -0.1) is 0 Å². The lowest BCUT2D eigenvalue weighted by Crippen LogP contribution is -2.14. The molecule has 0 bridgehead atoms. The predicted octanol–water partition coefficient (Wildman–Crippen LogP) is 3.03. The number of hydrogen-bond donors (Lipinski definition) is 1. The molecule has 4 heteroatoms. The van der Waals surface area contributed by atoms with Gasteiger partial charge in [-0.2, -0.15) is 17.0 Å². The van der Waals surface area contributed by atoms with Gasteiger partial charge in [-0.1, -0.05) is 19.4 Å². The lowest BCUT2D eigenvalue weighted by molar-refractivity contribution is -0.113. The van der Waals surface area contributed by atoms with E-state index in [1.165, 1.54) is 0 Å². The molecular weight excluding hydrogens is 232 g/mol. The normalized spacial score (nSPS) is 9.65. The number of carbonyl (C=O) groups is 1. The largest absolute Gasteiger partial charge is 0.325 e. The van der Waals surface area contributed by atoms with Crippen molar-refractivity contribution in [2.24, 2.45) is 0 Å². The van der Waals surface area contributed by atoms with E-state index < -0.39 is 0 Å². The first-order chi connectivity index (χ1) is 8.26. The highest BCUT2D eigenvalue weighted by Crippen LogP contribution is 2.11. The minimum absolute atomic E-state index is 0.0128. The second kappa shape index (κ2) is 7.75. The number of anilines is 1. The third-order valence-electron chi connectivity index (χ3n) is 2.15. The van der Waals surface area contributed by atoms with Gasteiger partial charge in [0.1, 0.15) is 0 Å². The van der Waals surface area contributed by atoms with Gasteiger partial charge in [0.15, 0.2) is 0 Å². The summed E-state index contributed by atoms with van der Waals surface area (Å²) < 4.78 is 0. The Kier molecular flexibility index (Phi) is 6.19. The van der Waals surface area contributed by atoms with Crippen molar-refractivity contribution >= 4 is 23.4 Å². The van der Waals surface area contributed by atoms with Gasteiger partial charge < -0.3 is 5.32 Å². The van der Waals surface area contributed by atoms with Crippen molar-refractivity contribution in [2.45, 2.75) is 19.8 Å². The topological polar surface area (TPSA) is 52.9 Å². The van der Waals surface area contributed by atoms with Crippen LogP contribution in [0.3, 0.4) is 0 Å². The van der Waals surface area contributed by atoms with Crippen molar-refractivity contribution in [3.05, 3.63) is 29.8 Å². The van der Waals surface area contributed by atoms with Crippen LogP contribution >= 0.6 is 11.8 Å². The quantitative estimate of drug-likeness (QED) is 0.787. The van der Waals surface area contributed by atoms with E-state index in [-0.39, 0.29) is 5.91 Å². The molecule has 0 saturated heterocycles. The molecule has 0 saturated carbocycles. The molecule has 1 aromatic rings. The average Bonchev–Trinajstić information content (AvgIpc) is 2.35. The lowest BCUT2D eigenvalue weighted by atomic mass is 10.2. The highest BCUT2D eigenvalue weighted by atomic mass is 32.2. The Morgan fingerprint density at radius 2 is 2.35 bits per heavy atom. The van der Waals surface area contributed by atoms with Gasteiger partial charge in [-0.05, 0) is 30.4 Å². The standard InChI is InChI=1S/C13H16N2OS/c1-2-3-7-17-10-13(16)15-12-6-4-5-11(8-12)9-14/h4-6,8H,2-3,7,10H2,1H3,(H,15,16). The Balaban J connectivity index is 2.37. The number of nitriles is 1. The van der Waals surface area contributed by atoms with Crippen LogP contribution in [0.1, 0.15) is 25.3 Å². The van der Waals surface area contributed by atoms with Crippen LogP contribution in [-0.4, -0.2) is 17.4 Å². The van der Waals surface area contributed by atoms with Gasteiger partial charge in [-0.3, -0.25) is 4.79 Å². The number of thioether (sulfide) groups is 1. The number of nitrogens with zero attached hydrogens (tertiary/aromatic N) is 1. The molecule has 1 aromatic carbocycles. The van der Waals surface area contributed by atoms with E-state index >= 15 is 0 Å². The summed E-state index contributed by atoms with van der Waals surface area (Å²) in [5, 5.41) is 11.5. The molecule has 1 rings (SSSR count). The maximum atomic E-state index is 11.6. The van der Waals surface area contributed by atoms with Crippen LogP contribution in [-0.2, 0) is 4.79 Å². The molecule has 3 nitrogen and oxygen atoms in total. The van der Waals surface area contributed by atoms with E-state index in [0.717, 1.165) is 18.6 Å². The summed E-state index contributed by atoms with van der Waals surface area (Å²) in [6.07, 6.45) is 2.29. The Labute approximate surface area is 106 Å². The molecule has 0 aromatic heterocycles. The fourth-order valence-corrected chi connectivity index (χ4v) is 2.17. The van der Waals surface area contributed by atoms with E-state index in [4.69, 9.17) is 5.26 Å². The SMILES string of the molecule is CCCCSCC(=O)Nc1cccc(C#N)c1. The van der Waals surface area contributed by atoms with Gasteiger partial charge in [0.05, 0.1) is 17.4 Å². The summed E-state index contributed by atoms with van der Waals surface area (Å²) >= 11 is 1.64. The number of unbranched alkanes of at least 4 members (excludes halogenated alkanes) is 1. The highest BCUT2D eigenvalue weighted by molar-refractivity contribution is 7.99. The van der Waals surface area contributed by atoms with Crippen LogP contribution in [0.15, 0.2) is 24.3 Å². The fourth-order valence-electron chi connectivity index (χ4n) is 1.27. The van der Waals surface area contributed by atoms with Crippen molar-refractivity contribution in [1.29, 1.82) is 5.26 Å². The Hall–Kier alpha value is -1.47. The molecule has 0 heterocycles. The summed E-state index contributed by atoms with van der Waals surface area (Å²) in [6.45, 7) is 2.13. The van der Waals surface area contributed by atoms with Gasteiger partial charge >= 0.3 is 0 Å². The second-order valence-corrected chi connectivity index (χ2v) is 4.75. The summed E-state index contributed by atoms with van der Waals surface area (Å²) in [5.41, 5.74) is 1.24. The zero-order valence-corrected chi connectivity index (χ0v) is 10.7. The predicted molar refractivity (Wildman–Crippen MR) is 72.0 cm³/mol. The summed E-state index contributed by atoms with van der Waals surface area (Å²) in [6, 6.07) is 8.98. The Morgan fingerprint density at radius 1 is 1.53 bits per heavy atom. The number of hydrogen-bond acceptors (Lipinski definition) is 3. The van der Waals surface area contributed by atoms with E-state index in [0.29, 0.717) is 17.0 Å². The third kappa shape index (κ3) is 5.41. The monoisotopic (exact) mass is 248 g/mol. The maximum absolute atomic E-state index is 11.6. The Bertz CT molecular complexity index is 412. The number of amides is 1. The van der Waals surface area contributed by atoms with Gasteiger partial charge in [0.25, 0.3) is 0 Å². The molecule has 17 heavy (non-hydrogen) atoms. The first-order valence-electron chi connectivity index (χ1n) is 5.64. The van der Waals surface area contributed by atoms with Crippen LogP contribution in [0.25, 0.3) is 0 Å². The fraction of sp³-hybridized carbons (Fsp3) is 0.385. The van der Waals surface area contributed by atoms with Crippen LogP contribution in [0.4, 0.5) is 5.69 Å². The Morgan fingerprint density at radius 3 is 3.06 bits per heavy atom. The number of rotatable bonds is 6. The molecule has 0 fully saturated rings. The van der Waals surface area contributed by atoms with Crippen molar-refractivity contribution in [3.63, 3.8) is 0 Å². The summed E-state index contributed by atoms with van der Waals surface area (Å²) in [7, 11) is 0. The zero-order valence-electron chi connectivity index (χ0n) is 9.90. The molecular formula is C13H16N2OS. The van der Waals surface area contributed by atoms with Crippen molar-refractivity contribution in [2.75, 3.05) is 16.8 Å². The van der Waals surface area contributed by atoms with Crippen molar-refractivity contribution < 1.29 is 4.79 Å². The molecule has 0 atom stereocenters. The molecule has 90 valence electrons. The van der Waals surface area contributed by atoms with Crippen molar-refractivity contribution in [3.8, 4) is 6.07 Å². The smallest absolute Gasteiger partial charge is 0.234 e. The van der Waals surface area contributed by atoms with Gasteiger partial charge in [-0.25, -0.2) is 0 Å². The average molecular weight is 248 g/mol. The summed E-state index contributed by atoms with van der Waals surface area (Å²) in [5.74, 6) is 1.47. The first kappa shape index (κ1) is 13.6. The number of carbonyl (C=O) groups excluding carboxylic acids is 1. The zero-order chi connectivity index (χ0) is 12.5. The van der Waals surface area contributed by atoms with Crippen LogP contribution in [0.5, 0.6) is 0 Å². The lowest BCUT2D eigenvalue weighted by Gasteiger charge is -2.05. The molecule has 0 aliphatic carbocycles. The third-order valence-corrected chi connectivity index (χ3v) is 3.19. The molecule has 0 aliphatic rings. The molecule has 0 radical (unpaired) electrons. The van der Waals surface area contributed by atoms with E-state index in [9.17, 15) is 4.79 Å². The first-order valence-corrected chi connectivity index (χ1v) is 6.79. The molecule has 0 aliphatic heterocycles. The van der Waals surface area contributed by atoms with E-state index in [1.807, 2.05) is 6.07 Å². The second-order valence-electron chi connectivity index (χ2n) is 3.65. The highest BCUT2D eigenvalue weighted by Gasteiger charge is 2.02. The van der Waals surface area contributed by atoms with Crippen LogP contribution in [0, 0.1) is 11.3 Å². The molecule has 0 spiro atoms. The van der Waals surface area contributed by atoms with Gasteiger partial charge in [0.2, 0.25) is 5.91 Å². The number of nitrogens with one attached hydrogen (secondary N) is 1. The molecule has 1 N–H and O–H groups in total. The summed E-state index contributed by atoms with van der Waals surface area (Å²) in [4.78, 5) is 11.6. The molecule has 1 amide bonds. The van der Waals surface area contributed by atoms with Crippen LogP contribution < -0.4 is 5.32 Å². The minimum atomic E-state index is -0.0128. The number of benzene rings is 1.